The Bertz CT molecular complexity index is 665. The third-order valence-electron chi connectivity index (χ3n) is 3.66. The molecule has 1 saturated heterocycles. The topological polar surface area (TPSA) is 62.5 Å². The number of carbonyl (C=O) groups is 1. The Hall–Kier alpha value is -2.44. The maximum absolute atomic E-state index is 13.1. The Kier molecular flexibility index (Phi) is 4.04. The molecule has 7 heteroatoms. The predicted molar refractivity (Wildman–Crippen MR) is 77.9 cm³/mol. The Morgan fingerprint density at radius 1 is 1.27 bits per heavy atom. The summed E-state index contributed by atoms with van der Waals surface area (Å²) in [6.45, 7) is 4.23. The molecule has 0 saturated carbocycles. The van der Waals surface area contributed by atoms with E-state index in [0.717, 1.165) is 0 Å². The first-order chi connectivity index (χ1) is 10.6. The van der Waals surface area contributed by atoms with Crippen LogP contribution in [0.5, 0.6) is 0 Å². The van der Waals surface area contributed by atoms with Crippen LogP contribution in [0.2, 0.25) is 0 Å². The van der Waals surface area contributed by atoms with E-state index in [9.17, 15) is 9.18 Å². The van der Waals surface area contributed by atoms with E-state index in [-0.39, 0.29) is 18.1 Å². The van der Waals surface area contributed by atoms with E-state index in [1.807, 2.05) is 4.90 Å². The molecule has 0 atom stereocenters. The monoisotopic (exact) mass is 304 g/mol. The Labute approximate surface area is 127 Å². The summed E-state index contributed by atoms with van der Waals surface area (Å²) in [5, 5.41) is 7.79. The number of aromatic nitrogens is 2. The first-order valence-electron chi connectivity index (χ1n) is 7.19. The van der Waals surface area contributed by atoms with Crippen molar-refractivity contribution in [3.05, 3.63) is 41.5 Å². The zero-order chi connectivity index (χ0) is 15.5. The number of halogens is 1. The molecule has 1 aliphatic heterocycles. The number of benzene rings is 1. The number of aryl methyl sites for hydroxylation is 1. The van der Waals surface area contributed by atoms with Crippen LogP contribution in [-0.4, -0.2) is 47.2 Å². The maximum atomic E-state index is 13.1. The predicted octanol–water partition coefficient (Wildman–Crippen LogP) is 1.41. The summed E-state index contributed by atoms with van der Waals surface area (Å²) in [6, 6.07) is 6.65. The van der Waals surface area contributed by atoms with Crippen LogP contribution in [0.4, 0.5) is 10.4 Å². The quantitative estimate of drug-likeness (QED) is 0.858. The standard InChI is InChI=1S/C15H17FN4O2/c1-11-17-18-15(22-11)20-7-5-19(6-8-20)14(21)10-12-3-2-4-13(16)9-12/h2-4,9H,5-8,10H2,1H3. The molecule has 116 valence electrons. The number of rotatable bonds is 3. The zero-order valence-electron chi connectivity index (χ0n) is 12.3. The van der Waals surface area contributed by atoms with Crippen LogP contribution >= 0.6 is 0 Å². The highest BCUT2D eigenvalue weighted by atomic mass is 19.1. The van der Waals surface area contributed by atoms with Crippen molar-refractivity contribution in [3.8, 4) is 0 Å². The molecule has 0 aliphatic carbocycles. The van der Waals surface area contributed by atoms with E-state index < -0.39 is 0 Å². The molecule has 0 radical (unpaired) electrons. The van der Waals surface area contributed by atoms with Crippen molar-refractivity contribution >= 4 is 11.9 Å². The van der Waals surface area contributed by atoms with Crippen LogP contribution in [0.25, 0.3) is 0 Å². The summed E-state index contributed by atoms with van der Waals surface area (Å²) < 4.78 is 18.5. The van der Waals surface area contributed by atoms with Gasteiger partial charge in [-0.1, -0.05) is 17.2 Å². The second-order valence-corrected chi connectivity index (χ2v) is 5.28. The second-order valence-electron chi connectivity index (χ2n) is 5.28. The summed E-state index contributed by atoms with van der Waals surface area (Å²) in [5.41, 5.74) is 0.694. The first-order valence-corrected chi connectivity index (χ1v) is 7.19. The van der Waals surface area contributed by atoms with Crippen molar-refractivity contribution in [1.29, 1.82) is 0 Å². The van der Waals surface area contributed by atoms with Crippen LogP contribution in [0.1, 0.15) is 11.5 Å². The van der Waals surface area contributed by atoms with E-state index in [0.29, 0.717) is 43.6 Å². The molecule has 0 bridgehead atoms. The molecular formula is C15H17FN4O2. The molecule has 1 aromatic heterocycles. The highest BCUT2D eigenvalue weighted by Gasteiger charge is 2.23. The maximum Gasteiger partial charge on any atom is 0.318 e. The fraction of sp³-hybridized carbons (Fsp3) is 0.400. The summed E-state index contributed by atoms with van der Waals surface area (Å²) in [5.74, 6) is 0.216. The average molecular weight is 304 g/mol. The molecule has 2 aromatic rings. The molecule has 1 amide bonds. The molecule has 1 aliphatic rings. The SMILES string of the molecule is Cc1nnc(N2CCN(C(=O)Cc3cccc(F)c3)CC2)o1. The number of carbonyl (C=O) groups excluding carboxylic acids is 1. The van der Waals surface area contributed by atoms with Crippen molar-refractivity contribution in [2.24, 2.45) is 0 Å². The van der Waals surface area contributed by atoms with Gasteiger partial charge in [-0.05, 0) is 17.7 Å². The van der Waals surface area contributed by atoms with Crippen LogP contribution in [-0.2, 0) is 11.2 Å². The third kappa shape index (κ3) is 3.24. The van der Waals surface area contributed by atoms with Crippen molar-refractivity contribution in [2.45, 2.75) is 13.3 Å². The van der Waals surface area contributed by atoms with Gasteiger partial charge < -0.3 is 14.2 Å². The minimum atomic E-state index is -0.318. The van der Waals surface area contributed by atoms with Crippen molar-refractivity contribution < 1.29 is 13.6 Å². The molecule has 1 fully saturated rings. The van der Waals surface area contributed by atoms with Gasteiger partial charge in [0.25, 0.3) is 0 Å². The summed E-state index contributed by atoms with van der Waals surface area (Å²) >= 11 is 0. The third-order valence-corrected chi connectivity index (χ3v) is 3.66. The second kappa shape index (κ2) is 6.13. The van der Waals surface area contributed by atoms with Gasteiger partial charge in [-0.25, -0.2) is 4.39 Å². The van der Waals surface area contributed by atoms with E-state index in [1.54, 1.807) is 24.0 Å². The fourth-order valence-corrected chi connectivity index (χ4v) is 2.49. The van der Waals surface area contributed by atoms with Crippen molar-refractivity contribution in [2.75, 3.05) is 31.1 Å². The van der Waals surface area contributed by atoms with E-state index in [4.69, 9.17) is 4.42 Å². The number of hydrogen-bond donors (Lipinski definition) is 0. The van der Waals surface area contributed by atoms with Gasteiger partial charge in [-0.2, -0.15) is 0 Å². The van der Waals surface area contributed by atoms with Gasteiger partial charge in [0.05, 0.1) is 6.42 Å². The molecule has 0 N–H and O–H groups in total. The van der Waals surface area contributed by atoms with Gasteiger partial charge in [-0.15, -0.1) is 5.10 Å². The molecule has 22 heavy (non-hydrogen) atoms. The largest absolute Gasteiger partial charge is 0.408 e. The lowest BCUT2D eigenvalue weighted by Crippen LogP contribution is -2.49. The van der Waals surface area contributed by atoms with Gasteiger partial charge in [-0.3, -0.25) is 4.79 Å². The minimum absolute atomic E-state index is 0.00644. The molecule has 0 unspecified atom stereocenters. The van der Waals surface area contributed by atoms with E-state index >= 15 is 0 Å². The smallest absolute Gasteiger partial charge is 0.318 e. The van der Waals surface area contributed by atoms with E-state index in [1.165, 1.54) is 12.1 Å². The van der Waals surface area contributed by atoms with Crippen molar-refractivity contribution in [3.63, 3.8) is 0 Å². The first kappa shape index (κ1) is 14.5. The van der Waals surface area contributed by atoms with E-state index in [2.05, 4.69) is 10.2 Å². The van der Waals surface area contributed by atoms with Gasteiger partial charge in [0.1, 0.15) is 5.82 Å². The Balaban J connectivity index is 1.55. The molecule has 1 aromatic carbocycles. The minimum Gasteiger partial charge on any atom is -0.408 e. The number of anilines is 1. The number of piperazine rings is 1. The number of amides is 1. The highest BCUT2D eigenvalue weighted by molar-refractivity contribution is 5.79. The molecule has 6 nitrogen and oxygen atoms in total. The van der Waals surface area contributed by atoms with Crippen molar-refractivity contribution in [1.82, 2.24) is 15.1 Å². The van der Waals surface area contributed by atoms with Gasteiger partial charge in [0.2, 0.25) is 11.8 Å². The van der Waals surface area contributed by atoms with Gasteiger partial charge in [0.15, 0.2) is 0 Å². The normalized spacial score (nSPS) is 15.2. The van der Waals surface area contributed by atoms with Gasteiger partial charge >= 0.3 is 6.01 Å². The lowest BCUT2D eigenvalue weighted by molar-refractivity contribution is -0.130. The molecule has 0 spiro atoms. The van der Waals surface area contributed by atoms with Gasteiger partial charge in [0, 0.05) is 33.1 Å². The summed E-state index contributed by atoms with van der Waals surface area (Å²) in [4.78, 5) is 16.0. The molecular weight excluding hydrogens is 287 g/mol. The zero-order valence-corrected chi connectivity index (χ0v) is 12.3. The Morgan fingerprint density at radius 3 is 2.68 bits per heavy atom. The number of nitrogens with zero attached hydrogens (tertiary/aromatic N) is 4. The lowest BCUT2D eigenvalue weighted by Gasteiger charge is -2.33. The van der Waals surface area contributed by atoms with Crippen LogP contribution in [0, 0.1) is 12.7 Å². The summed E-state index contributed by atoms with van der Waals surface area (Å²) in [7, 11) is 0. The van der Waals surface area contributed by atoms with Crippen LogP contribution in [0.3, 0.4) is 0 Å². The average Bonchev–Trinajstić information content (AvgIpc) is 2.94. The molecule has 3 rings (SSSR count). The number of hydrogen-bond acceptors (Lipinski definition) is 5. The highest BCUT2D eigenvalue weighted by Crippen LogP contribution is 2.15. The Morgan fingerprint density at radius 2 is 2.05 bits per heavy atom. The lowest BCUT2D eigenvalue weighted by atomic mass is 10.1. The van der Waals surface area contributed by atoms with Crippen LogP contribution in [0.15, 0.2) is 28.7 Å². The summed E-state index contributed by atoms with van der Waals surface area (Å²) in [6.07, 6.45) is 0.220. The van der Waals surface area contributed by atoms with Crippen LogP contribution < -0.4 is 4.90 Å². The molecule has 2 heterocycles. The fourth-order valence-electron chi connectivity index (χ4n) is 2.49.